The van der Waals surface area contributed by atoms with Gasteiger partial charge in [-0.15, -0.1) is 22.7 Å². The van der Waals surface area contributed by atoms with Crippen LogP contribution in [0.25, 0.3) is 9.75 Å². The third-order valence-electron chi connectivity index (χ3n) is 4.42. The fraction of sp³-hybridized carbons (Fsp3) is 0.222. The summed E-state index contributed by atoms with van der Waals surface area (Å²) in [7, 11) is -3.73. The van der Waals surface area contributed by atoms with Gasteiger partial charge in [-0.05, 0) is 21.1 Å². The molecule has 0 unspecified atom stereocenters. The van der Waals surface area contributed by atoms with E-state index in [0.717, 1.165) is 15.9 Å². The maximum Gasteiger partial charge on any atom is 0.173 e. The fourth-order valence-electron chi connectivity index (χ4n) is 3.09. The molecule has 0 atom stereocenters. The minimum atomic E-state index is -2.69. The van der Waals surface area contributed by atoms with Gasteiger partial charge in [0.2, 0.25) is 0 Å². The zero-order chi connectivity index (χ0) is 17.1. The Bertz CT molecular complexity index is 901. The average Bonchev–Trinajstić information content (AvgIpc) is 3.23. The van der Waals surface area contributed by atoms with Crippen LogP contribution >= 0.6 is 29.8 Å². The number of hydrogen-bond acceptors (Lipinski definition) is 3. The first-order valence-electron chi connectivity index (χ1n) is 7.99. The molecule has 0 bridgehead atoms. The molecule has 1 aliphatic heterocycles. The van der Waals surface area contributed by atoms with Gasteiger partial charge in [-0.25, -0.2) is 0 Å². The highest BCUT2D eigenvalue weighted by atomic mass is 32.1. The van der Waals surface area contributed by atoms with Crippen molar-refractivity contribution in [2.75, 3.05) is 0 Å². The molecule has 6 heteroatoms. The molecule has 1 aliphatic rings. The molecule has 24 heavy (non-hydrogen) atoms. The van der Waals surface area contributed by atoms with Crippen molar-refractivity contribution in [1.29, 1.82) is 0 Å². The summed E-state index contributed by atoms with van der Waals surface area (Å²) in [6.45, 7) is 9.27. The Morgan fingerprint density at radius 2 is 1.25 bits per heavy atom. The summed E-state index contributed by atoms with van der Waals surface area (Å²) in [5.74, 6) is 0. The summed E-state index contributed by atoms with van der Waals surface area (Å²) in [4.78, 5) is 2.58. The molecule has 0 fully saturated rings. The molecule has 0 saturated heterocycles. The summed E-state index contributed by atoms with van der Waals surface area (Å²) in [5.41, 5.74) is 0. The van der Waals surface area contributed by atoms with Crippen LogP contribution < -0.4 is 24.9 Å². The van der Waals surface area contributed by atoms with Crippen LogP contribution in [0, 0.1) is 0 Å². The number of thiophene rings is 2. The van der Waals surface area contributed by atoms with Crippen LogP contribution in [0.2, 0.25) is 26.2 Å². The van der Waals surface area contributed by atoms with Crippen molar-refractivity contribution in [3.05, 3.63) is 42.5 Å². The van der Waals surface area contributed by atoms with Crippen LogP contribution in [0.15, 0.2) is 42.5 Å². The van der Waals surface area contributed by atoms with E-state index in [4.69, 9.17) is 0 Å². The molecule has 2 radical (unpaired) electrons. The largest absolute Gasteiger partial charge is 0.309 e. The van der Waals surface area contributed by atoms with Crippen molar-refractivity contribution in [3.8, 4) is 9.75 Å². The normalized spacial score (nSPS) is 15.1. The molecule has 3 heterocycles. The van der Waals surface area contributed by atoms with Gasteiger partial charge in [0, 0.05) is 15.9 Å². The van der Waals surface area contributed by atoms with Gasteiger partial charge in [0.05, 0.1) is 27.3 Å². The van der Waals surface area contributed by atoms with Crippen LogP contribution in [-0.4, -0.2) is 17.6 Å². The van der Waals surface area contributed by atoms with Gasteiger partial charge in [-0.2, -0.15) is 0 Å². The van der Waals surface area contributed by atoms with Crippen LogP contribution in [0.3, 0.4) is 0 Å². The number of fused-ring (bicyclic) bond motifs is 3. The Morgan fingerprint density at radius 1 is 0.792 bits per heavy atom. The minimum Gasteiger partial charge on any atom is -0.309 e. The van der Waals surface area contributed by atoms with E-state index in [1.807, 2.05) is 53.0 Å². The third-order valence-corrected chi connectivity index (χ3v) is 15.2. The van der Waals surface area contributed by atoms with Gasteiger partial charge >= 0.3 is 0 Å². The quantitative estimate of drug-likeness (QED) is 0.379. The third kappa shape index (κ3) is 2.33. The molecule has 0 saturated carbocycles. The molecule has 0 aliphatic carbocycles. The summed E-state index contributed by atoms with van der Waals surface area (Å²) in [5, 5.41) is 3.20. The van der Waals surface area contributed by atoms with E-state index in [-0.39, 0.29) is 0 Å². The molecule has 1 aromatic carbocycles. The SMILES string of the molecule is C[Si](C)c1cc2c(s1)-c1sc([Si](C)C)cc1P2(=O)c1ccccc1. The number of hydrogen-bond donors (Lipinski definition) is 0. The molecule has 0 spiro atoms. The van der Waals surface area contributed by atoms with Crippen molar-refractivity contribution in [2.24, 2.45) is 0 Å². The monoisotopic (exact) mass is 402 g/mol. The molecule has 0 amide bonds. The lowest BCUT2D eigenvalue weighted by Crippen LogP contribution is -2.25. The van der Waals surface area contributed by atoms with Crippen LogP contribution in [0.1, 0.15) is 0 Å². The van der Waals surface area contributed by atoms with Crippen LogP contribution in [0.5, 0.6) is 0 Å². The molecule has 2 aromatic heterocycles. The molecule has 4 rings (SSSR count). The predicted octanol–water partition coefficient (Wildman–Crippen LogP) is 3.35. The second-order valence-electron chi connectivity index (χ2n) is 6.59. The zero-order valence-corrected chi connectivity index (χ0v) is 18.7. The number of rotatable bonds is 3. The Morgan fingerprint density at radius 3 is 1.67 bits per heavy atom. The second-order valence-corrected chi connectivity index (χ2v) is 17.2. The lowest BCUT2D eigenvalue weighted by Gasteiger charge is -2.14. The lowest BCUT2D eigenvalue weighted by atomic mass is 10.4. The fourth-order valence-corrected chi connectivity index (χ4v) is 12.4. The molecular formula is C18H19OPS2Si2. The highest BCUT2D eigenvalue weighted by Crippen LogP contribution is 2.54. The summed E-state index contributed by atoms with van der Waals surface area (Å²) in [6, 6.07) is 14.6. The van der Waals surface area contributed by atoms with E-state index >= 15 is 0 Å². The maximum atomic E-state index is 14.4. The lowest BCUT2D eigenvalue weighted by molar-refractivity contribution is 0.593. The molecule has 122 valence electrons. The Hall–Kier alpha value is -0.716. The zero-order valence-electron chi connectivity index (χ0n) is 14.2. The first-order chi connectivity index (χ1) is 11.4. The number of benzene rings is 1. The van der Waals surface area contributed by atoms with Gasteiger partial charge in [-0.3, -0.25) is 0 Å². The molecule has 3 aromatic rings. The average molecular weight is 403 g/mol. The molecule has 1 nitrogen and oxygen atoms in total. The van der Waals surface area contributed by atoms with E-state index in [1.165, 1.54) is 18.8 Å². The topological polar surface area (TPSA) is 17.1 Å². The maximum absolute atomic E-state index is 14.4. The summed E-state index contributed by atoms with van der Waals surface area (Å²) in [6.07, 6.45) is 0. The van der Waals surface area contributed by atoms with Gasteiger partial charge in [0.15, 0.2) is 7.14 Å². The highest BCUT2D eigenvalue weighted by molar-refractivity contribution is 7.87. The minimum absolute atomic E-state index is 0.523. The summed E-state index contributed by atoms with van der Waals surface area (Å²) < 4.78 is 17.3. The van der Waals surface area contributed by atoms with Gasteiger partial charge in [-0.1, -0.05) is 56.5 Å². The Balaban J connectivity index is 2.03. The van der Waals surface area contributed by atoms with Crippen molar-refractivity contribution in [3.63, 3.8) is 0 Å². The van der Waals surface area contributed by atoms with E-state index in [0.29, 0.717) is 0 Å². The van der Waals surface area contributed by atoms with E-state index in [1.54, 1.807) is 0 Å². The van der Waals surface area contributed by atoms with Gasteiger partial charge in [0.25, 0.3) is 0 Å². The molecular weight excluding hydrogens is 383 g/mol. The predicted molar refractivity (Wildman–Crippen MR) is 115 cm³/mol. The highest BCUT2D eigenvalue weighted by Gasteiger charge is 2.43. The van der Waals surface area contributed by atoms with Crippen molar-refractivity contribution in [1.82, 2.24) is 0 Å². The van der Waals surface area contributed by atoms with Crippen molar-refractivity contribution >= 4 is 72.3 Å². The standard InChI is InChI=1S/C18H19OPS2Si2/c1-23(2)15-10-13-17(21-15)18-14(11-16(22-18)24(3)4)20(13,19)12-8-6-5-7-9-12/h5-11H,1-4H3. The second kappa shape index (κ2) is 5.92. The first kappa shape index (κ1) is 16.7. The van der Waals surface area contributed by atoms with Crippen molar-refractivity contribution in [2.45, 2.75) is 26.2 Å². The summed E-state index contributed by atoms with van der Waals surface area (Å²) >= 11 is 3.78. The Kier molecular flexibility index (Phi) is 4.13. The van der Waals surface area contributed by atoms with Crippen molar-refractivity contribution < 1.29 is 4.57 Å². The smallest absolute Gasteiger partial charge is 0.173 e. The van der Waals surface area contributed by atoms with Gasteiger partial charge < -0.3 is 4.57 Å². The van der Waals surface area contributed by atoms with Crippen LogP contribution in [0.4, 0.5) is 0 Å². The van der Waals surface area contributed by atoms with E-state index in [2.05, 4.69) is 38.3 Å². The van der Waals surface area contributed by atoms with E-state index < -0.39 is 24.7 Å². The van der Waals surface area contributed by atoms with Gasteiger partial charge in [0.1, 0.15) is 0 Å². The van der Waals surface area contributed by atoms with E-state index in [9.17, 15) is 4.57 Å². The van der Waals surface area contributed by atoms with Crippen LogP contribution in [-0.2, 0) is 4.57 Å². The Labute approximate surface area is 155 Å². The molecule has 0 N–H and O–H groups in total. The first-order valence-corrected chi connectivity index (χ1v) is 16.3.